The number of allylic oxidation sites excluding steroid dienone is 4. The maximum absolute atomic E-state index is 6.22. The quantitative estimate of drug-likeness (QED) is 0.325. The fourth-order valence-corrected chi connectivity index (χ4v) is 7.16. The second-order valence-electron chi connectivity index (χ2n) is 10.9. The summed E-state index contributed by atoms with van der Waals surface area (Å²) >= 11 is 24.7. The Morgan fingerprint density at radius 2 is 1.42 bits per heavy atom. The van der Waals surface area contributed by atoms with Crippen LogP contribution in [0.25, 0.3) is 0 Å². The van der Waals surface area contributed by atoms with Gasteiger partial charge in [-0.05, 0) is 87.4 Å². The molecular formula is C25H24Cl4O4. The average Bonchev–Trinajstić information content (AvgIpc) is 3.08. The van der Waals surface area contributed by atoms with E-state index in [1.165, 1.54) is 22.3 Å². The molecule has 1 fully saturated rings. The summed E-state index contributed by atoms with van der Waals surface area (Å²) in [5.74, 6) is 2.50. The summed E-state index contributed by atoms with van der Waals surface area (Å²) in [6.07, 6.45) is 6.84. The monoisotopic (exact) mass is 528 g/mol. The molecule has 2 heterocycles. The van der Waals surface area contributed by atoms with Gasteiger partial charge in [-0.15, -0.1) is 0 Å². The molecule has 0 radical (unpaired) electrons. The van der Waals surface area contributed by atoms with E-state index in [-0.39, 0.29) is 22.9 Å². The van der Waals surface area contributed by atoms with Gasteiger partial charge in [0.1, 0.15) is 5.76 Å². The van der Waals surface area contributed by atoms with E-state index < -0.39 is 9.22 Å². The number of rotatable bonds is 0. The van der Waals surface area contributed by atoms with Crippen molar-refractivity contribution >= 4 is 46.4 Å². The van der Waals surface area contributed by atoms with Gasteiger partial charge in [0, 0.05) is 11.8 Å². The van der Waals surface area contributed by atoms with Gasteiger partial charge in [-0.2, -0.15) is 0 Å². The van der Waals surface area contributed by atoms with E-state index in [2.05, 4.69) is 45.9 Å². The van der Waals surface area contributed by atoms with E-state index in [1.54, 1.807) is 0 Å². The van der Waals surface area contributed by atoms with Gasteiger partial charge in [0.25, 0.3) is 4.52 Å². The molecule has 176 valence electrons. The highest BCUT2D eigenvalue weighted by Gasteiger charge is 2.59. The van der Waals surface area contributed by atoms with Crippen molar-refractivity contribution in [2.75, 3.05) is 6.61 Å². The van der Waals surface area contributed by atoms with Crippen molar-refractivity contribution in [3.05, 3.63) is 58.1 Å². The number of halogens is 4. The largest absolute Gasteiger partial charge is 0.483 e. The number of alkyl halides is 4. The fraction of sp³-hybridized carbons (Fsp3) is 0.520. The van der Waals surface area contributed by atoms with E-state index in [0.717, 1.165) is 12.8 Å². The molecule has 1 aromatic rings. The minimum atomic E-state index is -1.70. The van der Waals surface area contributed by atoms with E-state index in [1.807, 2.05) is 6.07 Å². The Balaban J connectivity index is 1.52. The zero-order valence-electron chi connectivity index (χ0n) is 18.8. The predicted molar refractivity (Wildman–Crippen MR) is 129 cm³/mol. The van der Waals surface area contributed by atoms with E-state index in [0.29, 0.717) is 29.4 Å². The normalized spacial score (nSPS) is 31.0. The number of fused-ring (bicyclic) bond motifs is 5. The Morgan fingerprint density at radius 3 is 2.12 bits per heavy atom. The maximum atomic E-state index is 6.22. The number of hydrogen-bond donors (Lipinski definition) is 0. The van der Waals surface area contributed by atoms with E-state index in [4.69, 9.17) is 65.4 Å². The Kier molecular flexibility index (Phi) is 4.40. The molecule has 0 N–H and O–H groups in total. The van der Waals surface area contributed by atoms with E-state index in [9.17, 15) is 0 Å². The maximum Gasteiger partial charge on any atom is 0.419 e. The van der Waals surface area contributed by atoms with Crippen molar-refractivity contribution in [3.8, 4) is 11.5 Å². The van der Waals surface area contributed by atoms with Gasteiger partial charge in [-0.3, -0.25) is 0 Å². The van der Waals surface area contributed by atoms with Crippen LogP contribution in [0.4, 0.5) is 0 Å². The predicted octanol–water partition coefficient (Wildman–Crippen LogP) is 7.54. The summed E-state index contributed by atoms with van der Waals surface area (Å²) in [6, 6.07) is 4.11. The summed E-state index contributed by atoms with van der Waals surface area (Å²) in [5.41, 5.74) is 4.61. The topological polar surface area (TPSA) is 36.9 Å². The lowest BCUT2D eigenvalue weighted by atomic mass is 9.73. The van der Waals surface area contributed by atoms with Crippen LogP contribution in [0.15, 0.2) is 46.9 Å². The first kappa shape index (κ1) is 22.3. The third kappa shape index (κ3) is 3.24. The number of benzene rings is 1. The first-order valence-corrected chi connectivity index (χ1v) is 12.5. The highest BCUT2D eigenvalue weighted by molar-refractivity contribution is 6.47. The van der Waals surface area contributed by atoms with Gasteiger partial charge in [0.15, 0.2) is 23.9 Å². The average molecular weight is 530 g/mol. The minimum Gasteiger partial charge on any atom is -0.483 e. The lowest BCUT2D eigenvalue weighted by Gasteiger charge is -2.31. The van der Waals surface area contributed by atoms with E-state index >= 15 is 0 Å². The van der Waals surface area contributed by atoms with Gasteiger partial charge in [-0.1, -0.05) is 57.0 Å². The van der Waals surface area contributed by atoms with Crippen molar-refractivity contribution < 1.29 is 18.9 Å². The molecule has 0 amide bonds. The van der Waals surface area contributed by atoms with Gasteiger partial charge in [-0.25, -0.2) is 0 Å². The first-order valence-electron chi connectivity index (χ1n) is 11.0. The zero-order chi connectivity index (χ0) is 23.6. The molecule has 1 aromatic carbocycles. The van der Waals surface area contributed by atoms with Crippen LogP contribution >= 0.6 is 46.4 Å². The molecule has 2 aliphatic heterocycles. The molecule has 1 spiro atoms. The summed E-state index contributed by atoms with van der Waals surface area (Å²) < 4.78 is 20.1. The second kappa shape index (κ2) is 6.51. The highest BCUT2D eigenvalue weighted by Crippen LogP contribution is 2.67. The highest BCUT2D eigenvalue weighted by atomic mass is 35.5. The molecule has 1 saturated carbocycles. The van der Waals surface area contributed by atoms with Crippen LogP contribution in [0.5, 0.6) is 11.5 Å². The van der Waals surface area contributed by atoms with Crippen LogP contribution in [0, 0.1) is 5.41 Å². The summed E-state index contributed by atoms with van der Waals surface area (Å²) in [6.45, 7) is 9.19. The lowest BCUT2D eigenvalue weighted by molar-refractivity contribution is 0.0191. The van der Waals surface area contributed by atoms with Crippen molar-refractivity contribution in [1.82, 2.24) is 0 Å². The Labute approximate surface area is 213 Å². The fourth-order valence-electron chi connectivity index (χ4n) is 6.53. The molecule has 3 aliphatic carbocycles. The van der Waals surface area contributed by atoms with Crippen molar-refractivity contribution in [2.24, 2.45) is 5.41 Å². The standard InChI is InChI=1S/C25H24Cl4O4/c1-21(2)10-23(13-5-6-17-18(7-14(13)21)30-12-24(26,27)31-17)11-22(3,4)15-8-19-20(9-16(15)23)33-25(28,29)32-19/h5,7-9H,6,10-12H2,1-4H3. The SMILES string of the molecule is CC1(C)CC2(CC(C)(C)c3cc4c(cc32)OC(Cl)(Cl)O4)C2=CCC3=C(C=C21)OCC(Cl)(Cl)O3. The van der Waals surface area contributed by atoms with Gasteiger partial charge >= 0.3 is 4.71 Å². The third-order valence-electron chi connectivity index (χ3n) is 7.52. The number of ether oxygens (including phenoxy) is 4. The Morgan fingerprint density at radius 1 is 0.788 bits per heavy atom. The van der Waals surface area contributed by atoms with Gasteiger partial charge in [0.05, 0.1) is 0 Å². The Bertz CT molecular complexity index is 1190. The molecule has 5 aliphatic rings. The molecule has 8 heteroatoms. The van der Waals surface area contributed by atoms with Gasteiger partial charge in [0.2, 0.25) is 0 Å². The molecular weight excluding hydrogens is 506 g/mol. The molecule has 0 aromatic heterocycles. The van der Waals surface area contributed by atoms with Crippen LogP contribution in [0.3, 0.4) is 0 Å². The minimum absolute atomic E-state index is 0.0809. The molecule has 0 bridgehead atoms. The van der Waals surface area contributed by atoms with Crippen LogP contribution in [-0.2, 0) is 20.3 Å². The molecule has 4 nitrogen and oxygen atoms in total. The summed E-state index contributed by atoms with van der Waals surface area (Å²) in [4.78, 5) is 0. The molecule has 1 unspecified atom stereocenters. The van der Waals surface area contributed by atoms with Gasteiger partial charge < -0.3 is 18.9 Å². The lowest BCUT2D eigenvalue weighted by Crippen LogP contribution is -2.29. The second-order valence-corrected chi connectivity index (χ2v) is 13.5. The number of hydrogen-bond acceptors (Lipinski definition) is 4. The zero-order valence-corrected chi connectivity index (χ0v) is 21.8. The van der Waals surface area contributed by atoms with Crippen molar-refractivity contribution in [1.29, 1.82) is 0 Å². The van der Waals surface area contributed by atoms with Crippen molar-refractivity contribution in [3.63, 3.8) is 0 Å². The third-order valence-corrected chi connectivity index (χ3v) is 8.20. The molecule has 33 heavy (non-hydrogen) atoms. The summed E-state index contributed by atoms with van der Waals surface area (Å²) in [5, 5.41) is 0. The molecule has 1 atom stereocenters. The molecule has 6 rings (SSSR count). The smallest absolute Gasteiger partial charge is 0.419 e. The molecule has 0 saturated heterocycles. The van der Waals surface area contributed by atoms with Crippen LogP contribution < -0.4 is 9.47 Å². The van der Waals surface area contributed by atoms with Crippen LogP contribution in [0.1, 0.15) is 58.1 Å². The van der Waals surface area contributed by atoms with Crippen LogP contribution in [-0.4, -0.2) is 15.8 Å². The summed E-state index contributed by atoms with van der Waals surface area (Å²) in [7, 11) is 0. The first-order chi connectivity index (χ1) is 15.2. The van der Waals surface area contributed by atoms with Crippen LogP contribution in [0.2, 0.25) is 0 Å². The Hall–Kier alpha value is -1.20. The van der Waals surface area contributed by atoms with Crippen molar-refractivity contribution in [2.45, 2.75) is 67.0 Å².